The Morgan fingerprint density at radius 2 is 1.78 bits per heavy atom. The molecule has 3 heterocycles. The van der Waals surface area contributed by atoms with Gasteiger partial charge in [0.05, 0.1) is 18.2 Å². The van der Waals surface area contributed by atoms with Crippen molar-refractivity contribution in [2.45, 2.75) is 25.3 Å². The maximum Gasteiger partial charge on any atom is 0.253 e. The van der Waals surface area contributed by atoms with Gasteiger partial charge in [-0.15, -0.1) is 0 Å². The van der Waals surface area contributed by atoms with Crippen LogP contribution in [0.5, 0.6) is 0 Å². The molecule has 2 amide bonds. The highest BCUT2D eigenvalue weighted by Crippen LogP contribution is 2.37. The van der Waals surface area contributed by atoms with Crippen LogP contribution in [0.4, 0.5) is 14.6 Å². The van der Waals surface area contributed by atoms with Crippen LogP contribution in [0, 0.1) is 11.3 Å². The lowest BCUT2D eigenvalue weighted by atomic mass is 9.95. The highest BCUT2D eigenvalue weighted by molar-refractivity contribution is 5.98. The number of halogens is 2. The second kappa shape index (κ2) is 12.7. The highest BCUT2D eigenvalue weighted by Gasteiger charge is 2.35. The number of fused-ring (bicyclic) bond motifs is 1. The summed E-state index contributed by atoms with van der Waals surface area (Å²) >= 11 is 0. The molecule has 1 aliphatic heterocycles. The fraction of sp³-hybridized carbons (Fsp3) is 0.167. The Hall–Kier alpha value is -5.82. The van der Waals surface area contributed by atoms with Crippen LogP contribution in [0.15, 0.2) is 95.6 Å². The van der Waals surface area contributed by atoms with Crippen molar-refractivity contribution < 1.29 is 22.8 Å². The number of nitrogens with one attached hydrogen (secondary N) is 1. The van der Waals surface area contributed by atoms with E-state index in [1.165, 1.54) is 11.0 Å². The van der Waals surface area contributed by atoms with Gasteiger partial charge in [-0.1, -0.05) is 24.3 Å². The van der Waals surface area contributed by atoms with Crippen LogP contribution >= 0.6 is 0 Å². The summed E-state index contributed by atoms with van der Waals surface area (Å²) in [6.45, 7) is 0.189. The topological polar surface area (TPSA) is 125 Å². The van der Waals surface area contributed by atoms with Crippen molar-refractivity contribution >= 4 is 34.7 Å². The van der Waals surface area contributed by atoms with Gasteiger partial charge in [-0.2, -0.15) is 5.26 Å². The number of pyridine rings is 1. The molecule has 5 aromatic rings. The van der Waals surface area contributed by atoms with Crippen molar-refractivity contribution in [1.29, 1.82) is 5.26 Å². The first-order valence-corrected chi connectivity index (χ1v) is 14.7. The van der Waals surface area contributed by atoms with Gasteiger partial charge in [-0.25, -0.2) is 13.8 Å². The van der Waals surface area contributed by atoms with Crippen molar-refractivity contribution in [2.75, 3.05) is 18.8 Å². The highest BCUT2D eigenvalue weighted by atomic mass is 19.3. The molecule has 3 N–H and O–H groups in total. The minimum atomic E-state index is -2.73. The fourth-order valence-corrected chi connectivity index (χ4v) is 5.38. The van der Waals surface area contributed by atoms with E-state index in [4.69, 9.17) is 10.2 Å². The molecular weight excluding hydrogens is 588 g/mol. The van der Waals surface area contributed by atoms with E-state index >= 15 is 0 Å². The third-order valence-electron chi connectivity index (χ3n) is 7.89. The second-order valence-corrected chi connectivity index (χ2v) is 11.1. The predicted octanol–water partition coefficient (Wildman–Crippen LogP) is 6.82. The summed E-state index contributed by atoms with van der Waals surface area (Å²) in [6, 6.07) is 25.6. The number of likely N-dealkylation sites (tertiary alicyclic amines) is 1. The average Bonchev–Trinajstić information content (AvgIpc) is 3.49. The summed E-state index contributed by atoms with van der Waals surface area (Å²) in [5, 5.41) is 13.1. The number of nitriles is 1. The molecule has 3 aromatic carbocycles. The van der Waals surface area contributed by atoms with Crippen LogP contribution in [-0.4, -0.2) is 40.7 Å². The summed E-state index contributed by atoms with van der Waals surface area (Å²) < 4.78 is 33.4. The van der Waals surface area contributed by atoms with Gasteiger partial charge in [0.2, 0.25) is 5.91 Å². The van der Waals surface area contributed by atoms with Crippen molar-refractivity contribution in [3.8, 4) is 28.3 Å². The SMILES string of the molecule is N#Cc1cccc(-c2cc(-c3ccc(C(=O)N4CCC(F)(F)CC4)cc3)cc3cc(CNC(=O)C=Cc4ccc(N)nc4)oc23)c1. The Morgan fingerprint density at radius 3 is 2.50 bits per heavy atom. The second-order valence-electron chi connectivity index (χ2n) is 11.1. The van der Waals surface area contributed by atoms with Crippen LogP contribution in [0.1, 0.15) is 40.1 Å². The van der Waals surface area contributed by atoms with E-state index in [-0.39, 0.29) is 44.3 Å². The van der Waals surface area contributed by atoms with Gasteiger partial charge in [-0.3, -0.25) is 9.59 Å². The molecule has 1 fully saturated rings. The number of nitrogen functional groups attached to an aromatic ring is 1. The normalized spacial score (nSPS) is 14.3. The number of aromatic nitrogens is 1. The Morgan fingerprint density at radius 1 is 1.00 bits per heavy atom. The van der Waals surface area contributed by atoms with Gasteiger partial charge in [0.25, 0.3) is 11.8 Å². The minimum absolute atomic E-state index is 0.0228. The summed E-state index contributed by atoms with van der Waals surface area (Å²) in [5.74, 6) is -2.38. The Bertz CT molecular complexity index is 1980. The lowest BCUT2D eigenvalue weighted by Gasteiger charge is -2.31. The Kier molecular flexibility index (Phi) is 8.31. The number of nitrogens with two attached hydrogens (primary N) is 1. The van der Waals surface area contributed by atoms with Crippen LogP contribution in [0.3, 0.4) is 0 Å². The number of hydrogen-bond acceptors (Lipinski definition) is 6. The van der Waals surface area contributed by atoms with Crippen LogP contribution in [-0.2, 0) is 11.3 Å². The lowest BCUT2D eigenvalue weighted by Crippen LogP contribution is -2.42. The molecule has 0 saturated carbocycles. The number of rotatable bonds is 7. The molecule has 10 heteroatoms. The predicted molar refractivity (Wildman–Crippen MR) is 171 cm³/mol. The Labute approximate surface area is 263 Å². The number of carbonyl (C=O) groups is 2. The molecule has 230 valence electrons. The smallest absolute Gasteiger partial charge is 0.253 e. The molecule has 6 rings (SSSR count). The van der Waals surface area contributed by atoms with Crippen molar-refractivity contribution in [3.05, 3.63) is 114 Å². The van der Waals surface area contributed by atoms with Crippen molar-refractivity contribution in [2.24, 2.45) is 0 Å². The maximum atomic E-state index is 13.6. The molecule has 1 aliphatic rings. The number of hydrogen-bond donors (Lipinski definition) is 2. The number of benzene rings is 3. The third kappa shape index (κ3) is 6.79. The van der Waals surface area contributed by atoms with Gasteiger partial charge in [0, 0.05) is 54.7 Å². The van der Waals surface area contributed by atoms with E-state index in [9.17, 15) is 23.6 Å². The molecule has 8 nitrogen and oxygen atoms in total. The largest absolute Gasteiger partial charge is 0.459 e. The summed E-state index contributed by atoms with van der Waals surface area (Å²) in [4.78, 5) is 30.9. The molecule has 0 aliphatic carbocycles. The Balaban J connectivity index is 1.26. The van der Waals surface area contributed by atoms with E-state index in [0.717, 1.165) is 33.2 Å². The number of piperidine rings is 1. The first-order chi connectivity index (χ1) is 22.2. The standard InChI is InChI=1S/C36H29F2N5O3/c37-36(38)12-14-43(15-13-36)35(45)26-8-6-25(7-9-26)28-17-29-18-30(22-42-33(44)11-5-23-4-10-32(40)41-21-23)46-34(29)31(19-28)27-3-1-2-24(16-27)20-39/h1-11,16-19,21H,12-15,22H2,(H2,40,41)(H,42,44). The van der Waals surface area contributed by atoms with Crippen LogP contribution in [0.25, 0.3) is 39.3 Å². The van der Waals surface area contributed by atoms with E-state index in [1.807, 2.05) is 36.4 Å². The van der Waals surface area contributed by atoms with Gasteiger partial charge >= 0.3 is 0 Å². The third-order valence-corrected chi connectivity index (χ3v) is 7.89. The van der Waals surface area contributed by atoms with E-state index < -0.39 is 5.92 Å². The van der Waals surface area contributed by atoms with E-state index in [0.29, 0.717) is 28.3 Å². The first-order valence-electron chi connectivity index (χ1n) is 14.7. The zero-order valence-electron chi connectivity index (χ0n) is 24.7. The van der Waals surface area contributed by atoms with Crippen molar-refractivity contribution in [1.82, 2.24) is 15.2 Å². The minimum Gasteiger partial charge on any atom is -0.459 e. The van der Waals surface area contributed by atoms with E-state index in [1.54, 1.807) is 54.7 Å². The molecule has 0 bridgehead atoms. The summed E-state index contributed by atoms with van der Waals surface area (Å²) in [7, 11) is 0. The number of carbonyl (C=O) groups excluding carboxylic acids is 2. The number of furan rings is 1. The van der Waals surface area contributed by atoms with Gasteiger partial charge in [-0.05, 0) is 82.9 Å². The zero-order chi connectivity index (χ0) is 32.3. The molecule has 0 atom stereocenters. The number of alkyl halides is 2. The monoisotopic (exact) mass is 617 g/mol. The molecule has 1 saturated heterocycles. The molecule has 0 radical (unpaired) electrons. The number of amides is 2. The van der Waals surface area contributed by atoms with Crippen molar-refractivity contribution in [3.63, 3.8) is 0 Å². The average molecular weight is 618 g/mol. The quantitative estimate of drug-likeness (QED) is 0.193. The molecular formula is C36H29F2N5O3. The van der Waals surface area contributed by atoms with Gasteiger partial charge in [0.1, 0.15) is 17.2 Å². The van der Waals surface area contributed by atoms with Crippen LogP contribution in [0.2, 0.25) is 0 Å². The molecule has 0 spiro atoms. The summed E-state index contributed by atoms with van der Waals surface area (Å²) in [5.41, 5.74) is 11.1. The number of anilines is 1. The lowest BCUT2D eigenvalue weighted by molar-refractivity contribution is -0.116. The van der Waals surface area contributed by atoms with Crippen LogP contribution < -0.4 is 11.1 Å². The first kappa shape index (κ1) is 30.2. The zero-order valence-corrected chi connectivity index (χ0v) is 24.7. The summed E-state index contributed by atoms with van der Waals surface area (Å²) in [6.07, 6.45) is 3.95. The molecule has 46 heavy (non-hydrogen) atoms. The van der Waals surface area contributed by atoms with E-state index in [2.05, 4.69) is 16.4 Å². The fourth-order valence-electron chi connectivity index (χ4n) is 5.38. The molecule has 0 unspecified atom stereocenters. The van der Waals surface area contributed by atoms with Gasteiger partial charge in [0.15, 0.2) is 0 Å². The number of nitrogens with zero attached hydrogens (tertiary/aromatic N) is 3. The van der Waals surface area contributed by atoms with Gasteiger partial charge < -0.3 is 20.4 Å². The molecule has 2 aromatic heterocycles. The maximum absolute atomic E-state index is 13.6.